The molecule has 2 heterocycles. The third kappa shape index (κ3) is 6.01. The number of aliphatic imine (C=N–C) groups is 1. The second-order valence-corrected chi connectivity index (χ2v) is 11.4. The maximum absolute atomic E-state index is 13.6. The minimum atomic E-state index is -0.110. The standard InChI is InChI=1S/C30H28Cl2N2O2S/c1-18-13-19(2)15-21(14-18)34-29(35)28-23-7-5-3-4-6-8-27(23)37-30(28)33-17-22-10-12-26(36-22)24-16-20(31)9-11-25(24)32/h9-17H,3-8H2,1-2H3,(H,34,35). The number of aryl methyl sites for hydroxylation is 3. The molecule has 0 unspecified atom stereocenters. The molecule has 2 aromatic carbocycles. The molecular weight excluding hydrogens is 523 g/mol. The summed E-state index contributed by atoms with van der Waals surface area (Å²) in [6.45, 7) is 4.07. The number of carbonyl (C=O) groups is 1. The van der Waals surface area contributed by atoms with Gasteiger partial charge in [0.25, 0.3) is 5.91 Å². The lowest BCUT2D eigenvalue weighted by molar-refractivity contribution is 0.102. The summed E-state index contributed by atoms with van der Waals surface area (Å²) < 4.78 is 6.00. The van der Waals surface area contributed by atoms with E-state index in [0.29, 0.717) is 32.1 Å². The largest absolute Gasteiger partial charge is 0.455 e. The number of rotatable bonds is 5. The molecule has 0 radical (unpaired) electrons. The Bertz CT molecular complexity index is 1460. The molecule has 1 amide bonds. The first kappa shape index (κ1) is 25.8. The molecule has 0 bridgehead atoms. The molecule has 1 aliphatic carbocycles. The predicted octanol–water partition coefficient (Wildman–Crippen LogP) is 9.59. The highest BCUT2D eigenvalue weighted by atomic mass is 35.5. The quantitative estimate of drug-likeness (QED) is 0.251. The Morgan fingerprint density at radius 3 is 2.51 bits per heavy atom. The van der Waals surface area contributed by atoms with Crippen LogP contribution >= 0.6 is 34.5 Å². The monoisotopic (exact) mass is 550 g/mol. The van der Waals surface area contributed by atoms with Crippen molar-refractivity contribution < 1.29 is 9.21 Å². The van der Waals surface area contributed by atoms with Crippen molar-refractivity contribution in [2.45, 2.75) is 52.4 Å². The van der Waals surface area contributed by atoms with Crippen LogP contribution in [0.15, 0.2) is 57.9 Å². The average Bonchev–Trinajstić information content (AvgIpc) is 3.43. The number of thiophene rings is 1. The van der Waals surface area contributed by atoms with Crippen molar-refractivity contribution in [3.05, 3.63) is 91.5 Å². The van der Waals surface area contributed by atoms with Crippen LogP contribution in [0.2, 0.25) is 10.0 Å². The van der Waals surface area contributed by atoms with Gasteiger partial charge in [-0.1, -0.05) is 42.1 Å². The zero-order valence-corrected chi connectivity index (χ0v) is 23.2. The van der Waals surface area contributed by atoms with Gasteiger partial charge in [0, 0.05) is 21.2 Å². The first-order valence-electron chi connectivity index (χ1n) is 12.5. The van der Waals surface area contributed by atoms with Gasteiger partial charge in [0.2, 0.25) is 0 Å². The highest BCUT2D eigenvalue weighted by Gasteiger charge is 2.24. The van der Waals surface area contributed by atoms with Crippen molar-refractivity contribution in [1.82, 2.24) is 0 Å². The minimum absolute atomic E-state index is 0.110. The van der Waals surface area contributed by atoms with Crippen LogP contribution < -0.4 is 5.32 Å². The molecule has 0 spiro atoms. The number of nitrogens with one attached hydrogen (secondary N) is 1. The van der Waals surface area contributed by atoms with Crippen LogP contribution in [0.1, 0.15) is 63.4 Å². The van der Waals surface area contributed by atoms with Gasteiger partial charge < -0.3 is 9.73 Å². The first-order chi connectivity index (χ1) is 17.9. The predicted molar refractivity (Wildman–Crippen MR) is 155 cm³/mol. The average molecular weight is 552 g/mol. The van der Waals surface area contributed by atoms with Gasteiger partial charge in [-0.25, -0.2) is 4.99 Å². The van der Waals surface area contributed by atoms with Gasteiger partial charge in [-0.15, -0.1) is 11.3 Å². The Morgan fingerprint density at radius 1 is 0.973 bits per heavy atom. The van der Waals surface area contributed by atoms with E-state index in [0.717, 1.165) is 53.6 Å². The smallest absolute Gasteiger partial charge is 0.259 e. The number of anilines is 1. The molecule has 7 heteroatoms. The van der Waals surface area contributed by atoms with E-state index in [1.807, 2.05) is 38.1 Å². The van der Waals surface area contributed by atoms with E-state index in [-0.39, 0.29) is 5.91 Å². The summed E-state index contributed by atoms with van der Waals surface area (Å²) in [5.74, 6) is 1.08. The van der Waals surface area contributed by atoms with Gasteiger partial charge in [-0.2, -0.15) is 0 Å². The Kier molecular flexibility index (Phi) is 7.84. The number of benzene rings is 2. The number of amides is 1. The van der Waals surface area contributed by atoms with Crippen molar-refractivity contribution in [2.75, 3.05) is 5.32 Å². The van der Waals surface area contributed by atoms with Crippen LogP contribution in [0.25, 0.3) is 11.3 Å². The lowest BCUT2D eigenvalue weighted by Gasteiger charge is -2.12. The highest BCUT2D eigenvalue weighted by Crippen LogP contribution is 2.39. The number of fused-ring (bicyclic) bond motifs is 1. The summed E-state index contributed by atoms with van der Waals surface area (Å²) in [7, 11) is 0. The molecule has 37 heavy (non-hydrogen) atoms. The van der Waals surface area contributed by atoms with E-state index in [9.17, 15) is 4.79 Å². The maximum atomic E-state index is 13.6. The fourth-order valence-corrected chi connectivity index (χ4v) is 6.46. The Labute approximate surface area is 231 Å². The Hall–Kier alpha value is -2.86. The van der Waals surface area contributed by atoms with Crippen LogP contribution in [0.4, 0.5) is 10.7 Å². The zero-order chi connectivity index (χ0) is 25.9. The van der Waals surface area contributed by atoms with Crippen LogP contribution in [-0.2, 0) is 12.8 Å². The van der Waals surface area contributed by atoms with E-state index < -0.39 is 0 Å². The van der Waals surface area contributed by atoms with Gasteiger partial charge in [-0.05, 0) is 98.7 Å². The van der Waals surface area contributed by atoms with Gasteiger partial charge in [0.05, 0.1) is 16.8 Å². The molecule has 4 nitrogen and oxygen atoms in total. The molecule has 190 valence electrons. The van der Waals surface area contributed by atoms with Gasteiger partial charge in [0.15, 0.2) is 0 Å². The highest BCUT2D eigenvalue weighted by molar-refractivity contribution is 7.16. The molecule has 0 saturated heterocycles. The fourth-order valence-electron chi connectivity index (χ4n) is 4.85. The summed E-state index contributed by atoms with van der Waals surface area (Å²) >= 11 is 14.1. The number of carbonyl (C=O) groups excluding carboxylic acids is 1. The van der Waals surface area contributed by atoms with Crippen molar-refractivity contribution in [3.63, 3.8) is 0 Å². The van der Waals surface area contributed by atoms with Crippen LogP contribution in [0, 0.1) is 13.8 Å². The third-order valence-electron chi connectivity index (χ3n) is 6.49. The van der Waals surface area contributed by atoms with E-state index in [1.54, 1.807) is 35.8 Å². The molecule has 1 aliphatic rings. The van der Waals surface area contributed by atoms with Gasteiger partial charge >= 0.3 is 0 Å². The SMILES string of the molecule is Cc1cc(C)cc(NC(=O)c2c(N=Cc3ccc(-c4cc(Cl)ccc4Cl)o3)sc3c2CCCCCC3)c1. The number of hydrogen-bond donors (Lipinski definition) is 1. The lowest BCUT2D eigenvalue weighted by Crippen LogP contribution is -2.14. The molecule has 1 N–H and O–H groups in total. The fraction of sp³-hybridized carbons (Fsp3) is 0.267. The molecule has 0 aliphatic heterocycles. The molecule has 0 saturated carbocycles. The third-order valence-corrected chi connectivity index (χ3v) is 8.25. The summed E-state index contributed by atoms with van der Waals surface area (Å²) in [5.41, 5.74) is 5.58. The van der Waals surface area contributed by atoms with E-state index in [2.05, 4.69) is 11.4 Å². The summed E-state index contributed by atoms with van der Waals surface area (Å²) in [6, 6.07) is 15.0. The van der Waals surface area contributed by atoms with Crippen LogP contribution in [0.5, 0.6) is 0 Å². The number of furan rings is 1. The van der Waals surface area contributed by atoms with Gasteiger partial charge in [0.1, 0.15) is 16.5 Å². The van der Waals surface area contributed by atoms with E-state index in [4.69, 9.17) is 32.6 Å². The zero-order valence-electron chi connectivity index (χ0n) is 20.9. The topological polar surface area (TPSA) is 54.6 Å². The minimum Gasteiger partial charge on any atom is -0.455 e. The molecule has 0 atom stereocenters. The van der Waals surface area contributed by atoms with E-state index in [1.165, 1.54) is 17.7 Å². The molecule has 5 rings (SSSR count). The van der Waals surface area contributed by atoms with E-state index >= 15 is 0 Å². The number of nitrogens with zero attached hydrogens (tertiary/aromatic N) is 1. The Balaban J connectivity index is 1.48. The first-order valence-corrected chi connectivity index (χ1v) is 14.1. The Morgan fingerprint density at radius 2 is 1.73 bits per heavy atom. The maximum Gasteiger partial charge on any atom is 0.259 e. The summed E-state index contributed by atoms with van der Waals surface area (Å²) in [4.78, 5) is 19.7. The van der Waals surface area contributed by atoms with Crippen molar-refractivity contribution >= 4 is 57.3 Å². The summed E-state index contributed by atoms with van der Waals surface area (Å²) in [6.07, 6.45) is 8.19. The molecule has 2 aromatic heterocycles. The summed E-state index contributed by atoms with van der Waals surface area (Å²) in [5, 5.41) is 4.99. The second kappa shape index (κ2) is 11.3. The molecule has 4 aromatic rings. The number of halogens is 2. The van der Waals surface area contributed by atoms with Crippen LogP contribution in [-0.4, -0.2) is 12.1 Å². The number of hydrogen-bond acceptors (Lipinski definition) is 4. The lowest BCUT2D eigenvalue weighted by atomic mass is 9.96. The molecular formula is C30H28Cl2N2O2S. The van der Waals surface area contributed by atoms with Gasteiger partial charge in [-0.3, -0.25) is 4.79 Å². The van der Waals surface area contributed by atoms with Crippen molar-refractivity contribution in [1.29, 1.82) is 0 Å². The van der Waals surface area contributed by atoms with Crippen LogP contribution in [0.3, 0.4) is 0 Å². The molecule has 0 fully saturated rings. The van der Waals surface area contributed by atoms with Crippen molar-refractivity contribution in [2.24, 2.45) is 4.99 Å². The van der Waals surface area contributed by atoms with Crippen molar-refractivity contribution in [3.8, 4) is 11.3 Å². The second-order valence-electron chi connectivity index (χ2n) is 9.51. The normalized spacial score (nSPS) is 13.8.